The molecule has 0 aliphatic carbocycles. The first-order valence-electron chi connectivity index (χ1n) is 8.42. The van der Waals surface area contributed by atoms with Crippen LogP contribution in [-0.4, -0.2) is 42.8 Å². The number of rotatable bonds is 5. The number of nitro groups is 1. The summed E-state index contributed by atoms with van der Waals surface area (Å²) in [6.07, 6.45) is 1.43. The number of amides is 1. The Balaban J connectivity index is 1.87. The molecule has 1 aromatic carbocycles. The van der Waals surface area contributed by atoms with E-state index in [2.05, 4.69) is 15.3 Å². The molecule has 0 aliphatic rings. The largest absolute Gasteiger partial charge is 0.335 e. The number of hydrogen-bond donors (Lipinski definition) is 1. The van der Waals surface area contributed by atoms with Crippen molar-refractivity contribution in [3.05, 3.63) is 79.9 Å². The van der Waals surface area contributed by atoms with Gasteiger partial charge in [0.25, 0.3) is 17.2 Å². The quantitative estimate of drug-likeness (QED) is 0.531. The standard InChI is InChI=1S/C18H18N6O4/c1-11(13-5-4-6-14(9-13)24(27)28)22(3)18(26)15-10-19-23(12(15)2)16-7-8-17(25)21-20-16/h4-11H,1-3H3,(H,21,25). The molecular formula is C18H18N6O4. The molecule has 28 heavy (non-hydrogen) atoms. The molecule has 10 nitrogen and oxygen atoms in total. The summed E-state index contributed by atoms with van der Waals surface area (Å²) in [7, 11) is 1.63. The highest BCUT2D eigenvalue weighted by atomic mass is 16.6. The minimum atomic E-state index is -0.469. The summed E-state index contributed by atoms with van der Waals surface area (Å²) in [5.41, 5.74) is 1.21. The number of hydrogen-bond acceptors (Lipinski definition) is 6. The molecule has 0 aliphatic heterocycles. The maximum atomic E-state index is 13.0. The van der Waals surface area contributed by atoms with Crippen LogP contribution in [-0.2, 0) is 0 Å². The fraction of sp³-hybridized carbons (Fsp3) is 0.222. The summed E-state index contributed by atoms with van der Waals surface area (Å²) >= 11 is 0. The SMILES string of the molecule is Cc1c(C(=O)N(C)C(C)c2cccc([N+](=O)[O-])c2)cnn1-c1ccc(=O)[nH]n1. The van der Waals surface area contributed by atoms with Crippen molar-refractivity contribution in [3.8, 4) is 5.82 Å². The van der Waals surface area contributed by atoms with E-state index in [9.17, 15) is 19.7 Å². The van der Waals surface area contributed by atoms with Crippen molar-refractivity contribution in [3.63, 3.8) is 0 Å². The summed E-state index contributed by atoms with van der Waals surface area (Å²) in [5, 5.41) is 21.4. The Morgan fingerprint density at radius 1 is 1.32 bits per heavy atom. The number of H-pyrrole nitrogens is 1. The third kappa shape index (κ3) is 3.52. The van der Waals surface area contributed by atoms with Gasteiger partial charge in [-0.25, -0.2) is 9.78 Å². The molecule has 1 N–H and O–H groups in total. The normalized spacial score (nSPS) is 11.8. The minimum Gasteiger partial charge on any atom is -0.335 e. The first-order valence-corrected chi connectivity index (χ1v) is 8.42. The van der Waals surface area contributed by atoms with E-state index < -0.39 is 4.92 Å². The van der Waals surface area contributed by atoms with Crippen LogP contribution < -0.4 is 5.56 Å². The van der Waals surface area contributed by atoms with Gasteiger partial charge in [0, 0.05) is 25.2 Å². The highest BCUT2D eigenvalue weighted by molar-refractivity contribution is 5.95. The van der Waals surface area contributed by atoms with Crippen LogP contribution in [0.3, 0.4) is 0 Å². The highest BCUT2D eigenvalue weighted by Gasteiger charge is 2.24. The number of aromatic amines is 1. The lowest BCUT2D eigenvalue weighted by Crippen LogP contribution is -2.30. The topological polar surface area (TPSA) is 127 Å². The van der Waals surface area contributed by atoms with Gasteiger partial charge in [-0.2, -0.15) is 10.2 Å². The smallest absolute Gasteiger partial charge is 0.269 e. The van der Waals surface area contributed by atoms with E-state index in [1.807, 2.05) is 0 Å². The predicted molar refractivity (Wildman–Crippen MR) is 100 cm³/mol. The molecule has 1 atom stereocenters. The van der Waals surface area contributed by atoms with Gasteiger partial charge >= 0.3 is 0 Å². The molecule has 0 radical (unpaired) electrons. The lowest BCUT2D eigenvalue weighted by molar-refractivity contribution is -0.384. The number of carbonyl (C=O) groups excluding carboxylic acids is 1. The van der Waals surface area contributed by atoms with E-state index in [4.69, 9.17) is 0 Å². The molecule has 0 spiro atoms. The fourth-order valence-corrected chi connectivity index (χ4v) is 2.79. The van der Waals surface area contributed by atoms with Gasteiger partial charge in [0.05, 0.1) is 28.4 Å². The lowest BCUT2D eigenvalue weighted by atomic mass is 10.1. The van der Waals surface area contributed by atoms with Crippen LogP contribution in [0.1, 0.15) is 34.6 Å². The molecule has 2 heterocycles. The molecular weight excluding hydrogens is 364 g/mol. The summed E-state index contributed by atoms with van der Waals surface area (Å²) in [4.78, 5) is 36.1. The van der Waals surface area contributed by atoms with Crippen molar-refractivity contribution >= 4 is 11.6 Å². The van der Waals surface area contributed by atoms with Gasteiger partial charge in [-0.05, 0) is 25.5 Å². The summed E-state index contributed by atoms with van der Waals surface area (Å²) in [6, 6.07) is 8.62. The maximum absolute atomic E-state index is 13.0. The van der Waals surface area contributed by atoms with E-state index in [-0.39, 0.29) is 23.2 Å². The van der Waals surface area contributed by atoms with Crippen molar-refractivity contribution in [2.45, 2.75) is 19.9 Å². The van der Waals surface area contributed by atoms with Crippen LogP contribution in [0.15, 0.2) is 47.4 Å². The number of nitrogens with zero attached hydrogens (tertiary/aromatic N) is 5. The van der Waals surface area contributed by atoms with Crippen LogP contribution in [0.25, 0.3) is 5.82 Å². The van der Waals surface area contributed by atoms with E-state index in [0.29, 0.717) is 22.6 Å². The molecule has 0 fully saturated rings. The summed E-state index contributed by atoms with van der Waals surface area (Å²) in [6.45, 7) is 3.51. The third-order valence-electron chi connectivity index (χ3n) is 4.59. The average Bonchev–Trinajstić information content (AvgIpc) is 3.08. The van der Waals surface area contributed by atoms with Gasteiger partial charge in [-0.15, -0.1) is 0 Å². The molecule has 144 valence electrons. The Kier molecular flexibility index (Phi) is 5.03. The molecule has 2 aromatic heterocycles. The molecule has 1 amide bonds. The number of non-ortho nitro benzene ring substituents is 1. The monoisotopic (exact) mass is 382 g/mol. The van der Waals surface area contributed by atoms with E-state index >= 15 is 0 Å². The molecule has 0 saturated heterocycles. The maximum Gasteiger partial charge on any atom is 0.269 e. The Morgan fingerprint density at radius 3 is 2.71 bits per heavy atom. The molecule has 1 unspecified atom stereocenters. The van der Waals surface area contributed by atoms with Gasteiger partial charge in [-0.3, -0.25) is 19.7 Å². The zero-order valence-corrected chi connectivity index (χ0v) is 15.5. The second-order valence-electron chi connectivity index (χ2n) is 6.28. The van der Waals surface area contributed by atoms with Gasteiger partial charge in [0.1, 0.15) is 0 Å². The van der Waals surface area contributed by atoms with E-state index in [1.165, 1.54) is 40.0 Å². The van der Waals surface area contributed by atoms with E-state index in [0.717, 1.165) is 0 Å². The first-order chi connectivity index (χ1) is 13.3. The molecule has 10 heteroatoms. The summed E-state index contributed by atoms with van der Waals surface area (Å²) < 4.78 is 1.45. The van der Waals surface area contributed by atoms with Crippen LogP contribution in [0, 0.1) is 17.0 Å². The third-order valence-corrected chi connectivity index (χ3v) is 4.59. The van der Waals surface area contributed by atoms with Crippen LogP contribution in [0.4, 0.5) is 5.69 Å². The van der Waals surface area contributed by atoms with Gasteiger partial charge in [0.2, 0.25) is 0 Å². The Bertz CT molecular complexity index is 1080. The Labute approximate surface area is 159 Å². The van der Waals surface area contributed by atoms with Gasteiger partial charge in [-0.1, -0.05) is 12.1 Å². The number of aromatic nitrogens is 4. The number of carbonyl (C=O) groups is 1. The minimum absolute atomic E-state index is 0.0293. The lowest BCUT2D eigenvalue weighted by Gasteiger charge is -2.25. The van der Waals surface area contributed by atoms with Crippen LogP contribution in [0.5, 0.6) is 0 Å². The predicted octanol–water partition coefficient (Wildman–Crippen LogP) is 2.01. The zero-order valence-electron chi connectivity index (χ0n) is 15.5. The molecule has 3 rings (SSSR count). The Hall–Kier alpha value is -3.82. The zero-order chi connectivity index (χ0) is 20.4. The molecule has 0 bridgehead atoms. The van der Waals surface area contributed by atoms with Crippen molar-refractivity contribution in [2.24, 2.45) is 0 Å². The summed E-state index contributed by atoms with van der Waals surface area (Å²) in [5.74, 6) is 0.0951. The highest BCUT2D eigenvalue weighted by Crippen LogP contribution is 2.25. The van der Waals surface area contributed by atoms with Gasteiger partial charge in [0.15, 0.2) is 5.82 Å². The average molecular weight is 382 g/mol. The van der Waals surface area contributed by atoms with Crippen LogP contribution >= 0.6 is 0 Å². The van der Waals surface area contributed by atoms with Gasteiger partial charge < -0.3 is 4.90 Å². The first kappa shape index (κ1) is 19.0. The van der Waals surface area contributed by atoms with Crippen LogP contribution in [0.2, 0.25) is 0 Å². The number of nitro benzene ring substituents is 1. The fourth-order valence-electron chi connectivity index (χ4n) is 2.79. The van der Waals surface area contributed by atoms with E-state index in [1.54, 1.807) is 33.0 Å². The van der Waals surface area contributed by atoms with Crippen molar-refractivity contribution in [1.82, 2.24) is 24.9 Å². The second kappa shape index (κ2) is 7.43. The number of nitrogens with one attached hydrogen (secondary N) is 1. The molecule has 0 saturated carbocycles. The Morgan fingerprint density at radius 2 is 2.07 bits per heavy atom. The number of benzene rings is 1. The second-order valence-corrected chi connectivity index (χ2v) is 6.28. The van der Waals surface area contributed by atoms with Crippen molar-refractivity contribution < 1.29 is 9.72 Å². The van der Waals surface area contributed by atoms with Crippen molar-refractivity contribution in [1.29, 1.82) is 0 Å². The van der Waals surface area contributed by atoms with Crippen molar-refractivity contribution in [2.75, 3.05) is 7.05 Å². The molecule has 3 aromatic rings.